The minimum Gasteiger partial charge on any atom is -0.479 e. The molecule has 1 unspecified atom stereocenters. The summed E-state index contributed by atoms with van der Waals surface area (Å²) in [6.07, 6.45) is -0.553. The third-order valence-corrected chi connectivity index (χ3v) is 3.44. The van der Waals surface area contributed by atoms with Crippen molar-refractivity contribution >= 4 is 5.97 Å². The first-order chi connectivity index (χ1) is 10.5. The Morgan fingerprint density at radius 1 is 1.09 bits per heavy atom. The molecule has 3 heteroatoms. The predicted molar refractivity (Wildman–Crippen MR) is 88.0 cm³/mol. The third-order valence-electron chi connectivity index (χ3n) is 3.44. The lowest BCUT2D eigenvalue weighted by Gasteiger charge is -2.17. The number of hydrogen-bond acceptors (Lipinski definition) is 2. The van der Waals surface area contributed by atoms with E-state index in [2.05, 4.69) is 31.2 Å². The first kappa shape index (κ1) is 16.2. The number of ether oxygens (including phenoxy) is 1. The Balaban J connectivity index is 2.20. The standard InChI is InChI=1S/C19H22O3/c1-13(2)22-18(19(20)21)12-15-5-4-6-17(11-15)16-9-7-14(3)8-10-16/h4-11,13,18H,12H2,1-3H3,(H,20,21). The van der Waals surface area contributed by atoms with Gasteiger partial charge in [0.2, 0.25) is 0 Å². The van der Waals surface area contributed by atoms with Crippen molar-refractivity contribution in [3.63, 3.8) is 0 Å². The zero-order valence-corrected chi connectivity index (χ0v) is 13.2. The van der Waals surface area contributed by atoms with Gasteiger partial charge in [0.25, 0.3) is 0 Å². The van der Waals surface area contributed by atoms with Crippen LogP contribution in [-0.4, -0.2) is 23.3 Å². The normalized spacial score (nSPS) is 12.4. The molecular weight excluding hydrogens is 276 g/mol. The molecule has 0 aliphatic rings. The maximum absolute atomic E-state index is 11.3. The van der Waals surface area contributed by atoms with Crippen molar-refractivity contribution in [1.29, 1.82) is 0 Å². The van der Waals surface area contributed by atoms with Gasteiger partial charge < -0.3 is 9.84 Å². The molecule has 0 fully saturated rings. The fourth-order valence-corrected chi connectivity index (χ4v) is 2.36. The zero-order chi connectivity index (χ0) is 16.1. The summed E-state index contributed by atoms with van der Waals surface area (Å²) in [5.74, 6) is -0.922. The molecule has 0 aliphatic heterocycles. The summed E-state index contributed by atoms with van der Waals surface area (Å²) < 4.78 is 5.48. The molecule has 0 amide bonds. The molecule has 1 N–H and O–H groups in total. The first-order valence-corrected chi connectivity index (χ1v) is 7.50. The average Bonchev–Trinajstić information content (AvgIpc) is 2.47. The second-order valence-electron chi connectivity index (χ2n) is 5.78. The van der Waals surface area contributed by atoms with Crippen LogP contribution in [0.15, 0.2) is 48.5 Å². The Bertz CT molecular complexity index is 629. The van der Waals surface area contributed by atoms with Crippen molar-refractivity contribution in [2.24, 2.45) is 0 Å². The quantitative estimate of drug-likeness (QED) is 0.874. The van der Waals surface area contributed by atoms with Crippen molar-refractivity contribution < 1.29 is 14.6 Å². The third kappa shape index (κ3) is 4.43. The molecule has 1 atom stereocenters. The second-order valence-corrected chi connectivity index (χ2v) is 5.78. The first-order valence-electron chi connectivity index (χ1n) is 7.50. The van der Waals surface area contributed by atoms with Crippen LogP contribution < -0.4 is 0 Å². The Morgan fingerprint density at radius 2 is 1.77 bits per heavy atom. The minimum absolute atomic E-state index is 0.110. The Kier molecular flexibility index (Phi) is 5.34. The molecule has 0 spiro atoms. The topological polar surface area (TPSA) is 46.5 Å². The van der Waals surface area contributed by atoms with Crippen LogP contribution in [0, 0.1) is 6.92 Å². The summed E-state index contributed by atoms with van der Waals surface area (Å²) in [5, 5.41) is 9.28. The van der Waals surface area contributed by atoms with Gasteiger partial charge in [0.15, 0.2) is 6.10 Å². The fraction of sp³-hybridized carbons (Fsp3) is 0.316. The molecule has 22 heavy (non-hydrogen) atoms. The van der Waals surface area contributed by atoms with Crippen LogP contribution in [0.3, 0.4) is 0 Å². The van der Waals surface area contributed by atoms with Gasteiger partial charge in [-0.2, -0.15) is 0 Å². The van der Waals surface area contributed by atoms with Crippen LogP contribution in [0.2, 0.25) is 0 Å². The highest BCUT2D eigenvalue weighted by Crippen LogP contribution is 2.22. The largest absolute Gasteiger partial charge is 0.479 e. The summed E-state index contributed by atoms with van der Waals surface area (Å²) in [6, 6.07) is 16.3. The number of carbonyl (C=O) groups is 1. The van der Waals surface area contributed by atoms with E-state index in [0.717, 1.165) is 16.7 Å². The van der Waals surface area contributed by atoms with Crippen LogP contribution in [0.4, 0.5) is 0 Å². The lowest BCUT2D eigenvalue weighted by Crippen LogP contribution is -2.29. The highest BCUT2D eigenvalue weighted by atomic mass is 16.5. The summed E-state index contributed by atoms with van der Waals surface area (Å²) in [5.41, 5.74) is 4.40. The van der Waals surface area contributed by atoms with Gasteiger partial charge in [0, 0.05) is 6.42 Å². The van der Waals surface area contributed by atoms with Crippen molar-refractivity contribution in [3.8, 4) is 11.1 Å². The van der Waals surface area contributed by atoms with Gasteiger partial charge in [-0.05, 0) is 37.5 Å². The zero-order valence-electron chi connectivity index (χ0n) is 13.2. The Labute approximate surface area is 131 Å². The molecule has 2 rings (SSSR count). The SMILES string of the molecule is Cc1ccc(-c2cccc(CC(OC(C)C)C(=O)O)c2)cc1. The summed E-state index contributed by atoms with van der Waals surface area (Å²) in [6.45, 7) is 5.75. The van der Waals surface area contributed by atoms with Crippen LogP contribution in [0.5, 0.6) is 0 Å². The number of aliphatic carboxylic acids is 1. The molecule has 3 nitrogen and oxygen atoms in total. The van der Waals surface area contributed by atoms with Crippen molar-refractivity contribution in [1.82, 2.24) is 0 Å². The molecule has 116 valence electrons. The number of aryl methyl sites for hydroxylation is 1. The number of carboxylic acids is 1. The monoisotopic (exact) mass is 298 g/mol. The number of hydrogen-bond donors (Lipinski definition) is 1. The number of rotatable bonds is 6. The van der Waals surface area contributed by atoms with Crippen LogP contribution >= 0.6 is 0 Å². The molecule has 0 aliphatic carbocycles. The van der Waals surface area contributed by atoms with E-state index in [1.807, 2.05) is 38.1 Å². The Hall–Kier alpha value is -2.13. The van der Waals surface area contributed by atoms with Gasteiger partial charge in [0.05, 0.1) is 6.10 Å². The number of benzene rings is 2. The van der Waals surface area contributed by atoms with E-state index < -0.39 is 12.1 Å². The van der Waals surface area contributed by atoms with E-state index in [4.69, 9.17) is 4.74 Å². The minimum atomic E-state index is -0.922. The van der Waals surface area contributed by atoms with Crippen molar-refractivity contribution in [2.45, 2.75) is 39.4 Å². The molecule has 0 saturated heterocycles. The maximum atomic E-state index is 11.3. The lowest BCUT2D eigenvalue weighted by atomic mass is 9.99. The average molecular weight is 298 g/mol. The fourth-order valence-electron chi connectivity index (χ4n) is 2.36. The van der Waals surface area contributed by atoms with E-state index in [1.165, 1.54) is 5.56 Å². The van der Waals surface area contributed by atoms with E-state index >= 15 is 0 Å². The smallest absolute Gasteiger partial charge is 0.333 e. The molecule has 2 aromatic carbocycles. The van der Waals surface area contributed by atoms with Crippen LogP contribution in [0.25, 0.3) is 11.1 Å². The van der Waals surface area contributed by atoms with E-state index in [0.29, 0.717) is 6.42 Å². The molecule has 0 radical (unpaired) electrons. The summed E-state index contributed by atoms with van der Waals surface area (Å²) in [7, 11) is 0. The molecule has 0 aromatic heterocycles. The van der Waals surface area contributed by atoms with E-state index in [-0.39, 0.29) is 6.10 Å². The molecule has 0 heterocycles. The van der Waals surface area contributed by atoms with Crippen LogP contribution in [-0.2, 0) is 16.0 Å². The summed E-state index contributed by atoms with van der Waals surface area (Å²) in [4.78, 5) is 11.3. The van der Waals surface area contributed by atoms with Gasteiger partial charge in [-0.15, -0.1) is 0 Å². The molecule has 2 aromatic rings. The molecule has 0 bridgehead atoms. The highest BCUT2D eigenvalue weighted by molar-refractivity contribution is 5.73. The summed E-state index contributed by atoms with van der Waals surface area (Å²) >= 11 is 0. The number of carboxylic acid groups (broad SMARTS) is 1. The van der Waals surface area contributed by atoms with Gasteiger partial charge in [-0.1, -0.05) is 54.1 Å². The van der Waals surface area contributed by atoms with Gasteiger partial charge >= 0.3 is 5.97 Å². The van der Waals surface area contributed by atoms with Crippen LogP contribution in [0.1, 0.15) is 25.0 Å². The highest BCUT2D eigenvalue weighted by Gasteiger charge is 2.20. The maximum Gasteiger partial charge on any atom is 0.333 e. The van der Waals surface area contributed by atoms with Crippen molar-refractivity contribution in [3.05, 3.63) is 59.7 Å². The molecular formula is C19H22O3. The van der Waals surface area contributed by atoms with E-state index in [9.17, 15) is 9.90 Å². The predicted octanol–water partition coefficient (Wildman–Crippen LogP) is 4.08. The Morgan fingerprint density at radius 3 is 2.36 bits per heavy atom. The molecule has 0 saturated carbocycles. The van der Waals surface area contributed by atoms with E-state index in [1.54, 1.807) is 0 Å². The van der Waals surface area contributed by atoms with Crippen molar-refractivity contribution in [2.75, 3.05) is 0 Å². The second kappa shape index (κ2) is 7.23. The van der Waals surface area contributed by atoms with Gasteiger partial charge in [-0.25, -0.2) is 4.79 Å². The van der Waals surface area contributed by atoms with Gasteiger partial charge in [-0.3, -0.25) is 0 Å². The lowest BCUT2D eigenvalue weighted by molar-refractivity contribution is -0.153. The van der Waals surface area contributed by atoms with Gasteiger partial charge in [0.1, 0.15) is 0 Å².